The number of benzene rings is 2. The van der Waals surface area contributed by atoms with E-state index in [1.807, 2.05) is 52.0 Å². The van der Waals surface area contributed by atoms with Crippen molar-refractivity contribution in [3.05, 3.63) is 86.7 Å². The van der Waals surface area contributed by atoms with Gasteiger partial charge in [-0.3, -0.25) is 4.99 Å². The van der Waals surface area contributed by atoms with Crippen LogP contribution >= 0.6 is 11.6 Å². The summed E-state index contributed by atoms with van der Waals surface area (Å²) in [5, 5.41) is 0.661. The molecule has 3 nitrogen and oxygen atoms in total. The number of nitrogens with zero attached hydrogens (tertiary/aromatic N) is 3. The van der Waals surface area contributed by atoms with E-state index in [2.05, 4.69) is 39.0 Å². The Bertz CT molecular complexity index is 1180. The summed E-state index contributed by atoms with van der Waals surface area (Å²) >= 11 is 6.46. The van der Waals surface area contributed by atoms with Crippen LogP contribution in [0.4, 0.5) is 11.4 Å². The summed E-state index contributed by atoms with van der Waals surface area (Å²) in [7, 11) is 0. The van der Waals surface area contributed by atoms with Crippen LogP contribution in [0.2, 0.25) is 5.02 Å². The first kappa shape index (κ1) is 23.9. The van der Waals surface area contributed by atoms with Gasteiger partial charge in [-0.05, 0) is 88.4 Å². The van der Waals surface area contributed by atoms with Gasteiger partial charge in [-0.2, -0.15) is 0 Å². The fourth-order valence-corrected chi connectivity index (χ4v) is 4.37. The van der Waals surface area contributed by atoms with Crippen molar-refractivity contribution in [1.29, 1.82) is 0 Å². The van der Waals surface area contributed by atoms with Gasteiger partial charge in [-0.25, -0.2) is 9.98 Å². The van der Waals surface area contributed by atoms with Crippen molar-refractivity contribution in [2.24, 2.45) is 9.98 Å². The van der Waals surface area contributed by atoms with E-state index in [9.17, 15) is 0 Å². The maximum Gasteiger partial charge on any atom is 0.0849 e. The molecule has 0 amide bonds. The summed E-state index contributed by atoms with van der Waals surface area (Å²) in [6.45, 7) is 14.5. The molecule has 0 saturated heterocycles. The summed E-state index contributed by atoms with van der Waals surface area (Å²) in [5.41, 5.74) is 11.2. The Balaban J connectivity index is 2.00. The summed E-state index contributed by atoms with van der Waals surface area (Å²) in [4.78, 5) is 14.7. The molecule has 0 fully saturated rings. The average molecular weight is 446 g/mol. The molecule has 0 N–H and O–H groups in total. The van der Waals surface area contributed by atoms with Gasteiger partial charge in [0.15, 0.2) is 0 Å². The normalized spacial score (nSPS) is 12.4. The monoisotopic (exact) mass is 445 g/mol. The van der Waals surface area contributed by atoms with Crippen molar-refractivity contribution < 1.29 is 0 Å². The highest BCUT2D eigenvalue weighted by molar-refractivity contribution is 6.33. The maximum absolute atomic E-state index is 6.46. The van der Waals surface area contributed by atoms with Crippen LogP contribution in [0, 0.1) is 27.7 Å². The van der Waals surface area contributed by atoms with E-state index in [0.29, 0.717) is 5.02 Å². The fourth-order valence-electron chi connectivity index (χ4n) is 4.01. The maximum atomic E-state index is 6.46. The van der Waals surface area contributed by atoms with E-state index in [1.54, 1.807) is 0 Å². The summed E-state index contributed by atoms with van der Waals surface area (Å²) in [6, 6.07) is 14.5. The van der Waals surface area contributed by atoms with Crippen LogP contribution in [-0.2, 0) is 6.42 Å². The molecule has 1 heterocycles. The molecular weight excluding hydrogens is 414 g/mol. The second kappa shape index (κ2) is 10.2. The molecule has 0 spiro atoms. The first-order valence-corrected chi connectivity index (χ1v) is 11.5. The molecule has 0 bridgehead atoms. The Morgan fingerprint density at radius 3 is 1.91 bits per heavy atom. The van der Waals surface area contributed by atoms with E-state index >= 15 is 0 Å². The molecular formula is C28H32ClN3. The van der Waals surface area contributed by atoms with Crippen molar-refractivity contribution in [2.45, 2.75) is 61.3 Å². The van der Waals surface area contributed by atoms with Gasteiger partial charge in [0, 0.05) is 0 Å². The molecule has 0 unspecified atom stereocenters. The minimum absolute atomic E-state index is 0.661. The molecule has 0 radical (unpaired) electrons. The summed E-state index contributed by atoms with van der Waals surface area (Å²) < 4.78 is 0. The number of aryl methyl sites for hydroxylation is 5. The van der Waals surface area contributed by atoms with E-state index in [0.717, 1.165) is 58.2 Å². The average Bonchev–Trinajstić information content (AvgIpc) is 2.73. The van der Waals surface area contributed by atoms with Gasteiger partial charge < -0.3 is 0 Å². The highest BCUT2D eigenvalue weighted by Crippen LogP contribution is 2.31. The quantitative estimate of drug-likeness (QED) is 0.352. The molecule has 1 aromatic heterocycles. The predicted octanol–water partition coefficient (Wildman–Crippen LogP) is 8.20. The highest BCUT2D eigenvalue weighted by atomic mass is 35.5. The van der Waals surface area contributed by atoms with Gasteiger partial charge in [0.05, 0.1) is 39.2 Å². The predicted molar refractivity (Wildman–Crippen MR) is 139 cm³/mol. The van der Waals surface area contributed by atoms with Gasteiger partial charge in [0.2, 0.25) is 0 Å². The zero-order chi connectivity index (χ0) is 23.4. The van der Waals surface area contributed by atoms with E-state index < -0.39 is 0 Å². The molecule has 4 heteroatoms. The number of hydrogen-bond acceptors (Lipinski definition) is 3. The second-order valence-electron chi connectivity index (χ2n) is 8.55. The van der Waals surface area contributed by atoms with E-state index in [-0.39, 0.29) is 0 Å². The number of aliphatic imine (C=N–C) groups is 2. The Kier molecular flexibility index (Phi) is 7.63. The Morgan fingerprint density at radius 2 is 1.34 bits per heavy atom. The fraction of sp³-hybridized carbons (Fsp3) is 0.321. The number of halogens is 1. The van der Waals surface area contributed by atoms with Crippen LogP contribution in [0.1, 0.15) is 66.4 Å². The topological polar surface area (TPSA) is 37.6 Å². The lowest BCUT2D eigenvalue weighted by Crippen LogP contribution is -2.05. The molecule has 0 atom stereocenters. The Hall–Kier alpha value is -2.78. The third-order valence-corrected chi connectivity index (χ3v) is 5.78. The lowest BCUT2D eigenvalue weighted by Gasteiger charge is -2.12. The Morgan fingerprint density at radius 1 is 0.812 bits per heavy atom. The third-order valence-electron chi connectivity index (χ3n) is 5.49. The van der Waals surface area contributed by atoms with Crippen molar-refractivity contribution >= 4 is 34.4 Å². The SMILES string of the molecule is CCCc1cc(C)cc(C)c1N=C(C)c1cccc(C(C)=Nc2c(C)cc(C)cc2Cl)n1. The van der Waals surface area contributed by atoms with Gasteiger partial charge in [-0.15, -0.1) is 0 Å². The Labute approximate surface area is 197 Å². The minimum atomic E-state index is 0.661. The van der Waals surface area contributed by atoms with Crippen LogP contribution < -0.4 is 0 Å². The highest BCUT2D eigenvalue weighted by Gasteiger charge is 2.10. The number of hydrogen-bond donors (Lipinski definition) is 0. The summed E-state index contributed by atoms with van der Waals surface area (Å²) in [5.74, 6) is 0. The zero-order valence-electron chi connectivity index (χ0n) is 20.2. The van der Waals surface area contributed by atoms with Gasteiger partial charge >= 0.3 is 0 Å². The van der Waals surface area contributed by atoms with E-state index in [1.165, 1.54) is 16.7 Å². The standard InChI is InChI=1S/C28H32ClN3/c1-8-10-23-15-17(2)13-19(4)27(23)30-21(6)25-11-9-12-26(32-25)22(7)31-28-20(5)14-18(3)16-24(28)29/h9,11-16H,8,10H2,1-7H3. The van der Waals surface area contributed by atoms with Crippen LogP contribution in [0.5, 0.6) is 0 Å². The molecule has 166 valence electrons. The van der Waals surface area contributed by atoms with Crippen molar-refractivity contribution in [1.82, 2.24) is 4.98 Å². The van der Waals surface area contributed by atoms with Crippen LogP contribution in [0.25, 0.3) is 0 Å². The molecule has 3 aromatic rings. The number of pyridine rings is 1. The lowest BCUT2D eigenvalue weighted by molar-refractivity contribution is 0.918. The zero-order valence-corrected chi connectivity index (χ0v) is 20.9. The van der Waals surface area contributed by atoms with Crippen molar-refractivity contribution in [2.75, 3.05) is 0 Å². The van der Waals surface area contributed by atoms with Crippen LogP contribution in [-0.4, -0.2) is 16.4 Å². The first-order valence-electron chi connectivity index (χ1n) is 11.1. The van der Waals surface area contributed by atoms with Gasteiger partial charge in [0.1, 0.15) is 0 Å². The second-order valence-corrected chi connectivity index (χ2v) is 8.96. The smallest absolute Gasteiger partial charge is 0.0849 e. The molecule has 2 aromatic carbocycles. The largest absolute Gasteiger partial charge is 0.251 e. The van der Waals surface area contributed by atoms with Crippen molar-refractivity contribution in [3.8, 4) is 0 Å². The van der Waals surface area contributed by atoms with Crippen LogP contribution in [0.3, 0.4) is 0 Å². The lowest BCUT2D eigenvalue weighted by atomic mass is 10.0. The molecule has 3 rings (SSSR count). The van der Waals surface area contributed by atoms with Crippen LogP contribution in [0.15, 0.2) is 52.4 Å². The molecule has 0 saturated carbocycles. The number of aromatic nitrogens is 1. The minimum Gasteiger partial charge on any atom is -0.251 e. The van der Waals surface area contributed by atoms with Gasteiger partial charge in [0.25, 0.3) is 0 Å². The molecule has 0 aliphatic rings. The van der Waals surface area contributed by atoms with Crippen molar-refractivity contribution in [3.63, 3.8) is 0 Å². The number of rotatable bonds is 6. The summed E-state index contributed by atoms with van der Waals surface area (Å²) in [6.07, 6.45) is 2.11. The third kappa shape index (κ3) is 5.52. The molecule has 0 aliphatic carbocycles. The van der Waals surface area contributed by atoms with E-state index in [4.69, 9.17) is 26.6 Å². The molecule has 32 heavy (non-hydrogen) atoms. The van der Waals surface area contributed by atoms with Gasteiger partial charge in [-0.1, -0.05) is 54.8 Å². The first-order chi connectivity index (χ1) is 15.2. The molecule has 0 aliphatic heterocycles.